The number of benzene rings is 2. The maximum atomic E-state index is 12.8. The van der Waals surface area contributed by atoms with Crippen molar-refractivity contribution >= 4 is 10.8 Å². The highest BCUT2D eigenvalue weighted by atomic mass is 16.5. The van der Waals surface area contributed by atoms with E-state index in [2.05, 4.69) is 27.0 Å². The van der Waals surface area contributed by atoms with Crippen molar-refractivity contribution in [3.05, 3.63) is 82.8 Å². The molecule has 0 saturated carbocycles. The third-order valence-corrected chi connectivity index (χ3v) is 6.03. The van der Waals surface area contributed by atoms with Crippen LogP contribution in [0.25, 0.3) is 16.5 Å². The van der Waals surface area contributed by atoms with Gasteiger partial charge in [0.15, 0.2) is 0 Å². The molecule has 32 heavy (non-hydrogen) atoms. The van der Waals surface area contributed by atoms with Crippen LogP contribution < -0.4 is 10.4 Å². The molecule has 5 rings (SSSR count). The molecule has 7 nitrogen and oxygen atoms in total. The van der Waals surface area contributed by atoms with Gasteiger partial charge in [-0.25, -0.2) is 4.79 Å². The zero-order valence-electron chi connectivity index (χ0n) is 18.2. The van der Waals surface area contributed by atoms with Crippen molar-refractivity contribution < 1.29 is 4.74 Å². The van der Waals surface area contributed by atoms with Crippen LogP contribution in [0.1, 0.15) is 37.1 Å². The van der Waals surface area contributed by atoms with Gasteiger partial charge in [-0.1, -0.05) is 24.3 Å². The van der Waals surface area contributed by atoms with E-state index in [0.717, 1.165) is 60.5 Å². The number of nitrogens with one attached hydrogen (secondary N) is 1. The average Bonchev–Trinajstić information content (AvgIpc) is 3.21. The first kappa shape index (κ1) is 20.5. The molecule has 0 radical (unpaired) electrons. The molecule has 1 atom stereocenters. The number of hydrogen-bond acceptors (Lipinski definition) is 5. The van der Waals surface area contributed by atoms with E-state index in [1.54, 1.807) is 12.4 Å². The Kier molecular flexibility index (Phi) is 5.73. The highest BCUT2D eigenvalue weighted by molar-refractivity contribution is 5.89. The summed E-state index contributed by atoms with van der Waals surface area (Å²) in [5.74, 6) is 1.87. The van der Waals surface area contributed by atoms with Crippen molar-refractivity contribution in [1.29, 1.82) is 0 Å². The number of pyridine rings is 1. The van der Waals surface area contributed by atoms with Gasteiger partial charge in [0.05, 0.1) is 12.3 Å². The van der Waals surface area contributed by atoms with Gasteiger partial charge in [0.25, 0.3) is 0 Å². The normalized spacial score (nSPS) is 17.0. The summed E-state index contributed by atoms with van der Waals surface area (Å²) in [6, 6.07) is 16.0. The second-order valence-corrected chi connectivity index (χ2v) is 8.26. The summed E-state index contributed by atoms with van der Waals surface area (Å²) >= 11 is 0. The first-order chi connectivity index (χ1) is 15.7. The second-order valence-electron chi connectivity index (χ2n) is 8.26. The molecule has 1 N–H and O–H groups in total. The van der Waals surface area contributed by atoms with Gasteiger partial charge in [0.2, 0.25) is 0 Å². The molecule has 1 saturated heterocycles. The van der Waals surface area contributed by atoms with Crippen LogP contribution in [-0.2, 0) is 6.54 Å². The van der Waals surface area contributed by atoms with Crippen molar-refractivity contribution in [2.45, 2.75) is 32.2 Å². The number of piperidine rings is 1. The minimum atomic E-state index is -0.203. The molecule has 0 spiro atoms. The summed E-state index contributed by atoms with van der Waals surface area (Å²) in [7, 11) is 0. The summed E-state index contributed by atoms with van der Waals surface area (Å²) in [4.78, 5) is 22.4. The number of rotatable bonds is 6. The zero-order chi connectivity index (χ0) is 21.9. The molecular weight excluding hydrogens is 402 g/mol. The summed E-state index contributed by atoms with van der Waals surface area (Å²) in [5.41, 5.74) is 1.81. The third-order valence-electron chi connectivity index (χ3n) is 6.03. The van der Waals surface area contributed by atoms with Crippen LogP contribution in [0.2, 0.25) is 0 Å². The number of fused-ring (bicyclic) bond motifs is 1. The fraction of sp³-hybridized carbons (Fsp3) is 0.320. The Hall–Kier alpha value is -3.45. The quantitative estimate of drug-likeness (QED) is 0.503. The van der Waals surface area contributed by atoms with Gasteiger partial charge in [-0.2, -0.15) is 4.68 Å². The van der Waals surface area contributed by atoms with Gasteiger partial charge in [-0.3, -0.25) is 14.9 Å². The highest BCUT2D eigenvalue weighted by Gasteiger charge is 2.25. The minimum Gasteiger partial charge on any atom is -0.494 e. The Morgan fingerprint density at radius 1 is 1.19 bits per heavy atom. The predicted molar refractivity (Wildman–Crippen MR) is 124 cm³/mol. The van der Waals surface area contributed by atoms with Crippen LogP contribution in [0.4, 0.5) is 0 Å². The number of aromatic nitrogens is 4. The molecule has 4 aromatic rings. The first-order valence-electron chi connectivity index (χ1n) is 11.2. The van der Waals surface area contributed by atoms with Crippen molar-refractivity contribution in [1.82, 2.24) is 24.6 Å². The third kappa shape index (κ3) is 4.16. The minimum absolute atomic E-state index is 0.199. The van der Waals surface area contributed by atoms with Gasteiger partial charge in [-0.05, 0) is 56.1 Å². The van der Waals surface area contributed by atoms with Gasteiger partial charge in [0.1, 0.15) is 11.6 Å². The van der Waals surface area contributed by atoms with Gasteiger partial charge < -0.3 is 4.74 Å². The molecule has 164 valence electrons. The fourth-order valence-electron chi connectivity index (χ4n) is 4.56. The van der Waals surface area contributed by atoms with Crippen molar-refractivity contribution in [2.24, 2.45) is 0 Å². The molecule has 2 aromatic carbocycles. The van der Waals surface area contributed by atoms with E-state index in [0.29, 0.717) is 6.61 Å². The molecular formula is C25H27N5O2. The number of H-pyrrole nitrogens is 1. The van der Waals surface area contributed by atoms with Crippen molar-refractivity contribution in [3.8, 4) is 11.4 Å². The Balaban J connectivity index is 1.36. The lowest BCUT2D eigenvalue weighted by Gasteiger charge is -2.31. The van der Waals surface area contributed by atoms with Crippen molar-refractivity contribution in [3.63, 3.8) is 0 Å². The number of aromatic amines is 1. The Morgan fingerprint density at radius 2 is 2.09 bits per heavy atom. The van der Waals surface area contributed by atoms with E-state index in [9.17, 15) is 4.79 Å². The topological polar surface area (TPSA) is 76.0 Å². The van der Waals surface area contributed by atoms with E-state index >= 15 is 0 Å². The Labute approximate surface area is 186 Å². The van der Waals surface area contributed by atoms with Crippen LogP contribution in [0.5, 0.6) is 5.75 Å². The molecule has 7 heteroatoms. The van der Waals surface area contributed by atoms with Crippen LogP contribution in [0.3, 0.4) is 0 Å². The molecule has 1 aliphatic rings. The molecule has 2 aromatic heterocycles. The number of likely N-dealkylation sites (tertiary alicyclic amines) is 1. The SMILES string of the molecule is CCOc1cccc(CN2CCCC(c3nn(-c4cccc5cnccc45)c(=O)[nH]3)C2)c1. The molecule has 1 unspecified atom stereocenters. The van der Waals surface area contributed by atoms with Gasteiger partial charge >= 0.3 is 5.69 Å². The largest absolute Gasteiger partial charge is 0.494 e. The van der Waals surface area contributed by atoms with E-state index in [1.165, 1.54) is 10.2 Å². The lowest BCUT2D eigenvalue weighted by atomic mass is 9.97. The molecule has 0 aliphatic carbocycles. The van der Waals surface area contributed by atoms with Gasteiger partial charge in [0, 0.05) is 42.2 Å². The smallest absolute Gasteiger partial charge is 0.348 e. The molecule has 0 amide bonds. The lowest BCUT2D eigenvalue weighted by Crippen LogP contribution is -2.34. The van der Waals surface area contributed by atoms with Crippen LogP contribution in [0, 0.1) is 0 Å². The van der Waals surface area contributed by atoms with E-state index in [4.69, 9.17) is 9.84 Å². The number of ether oxygens (including phenoxy) is 1. The molecule has 1 aliphatic heterocycles. The highest BCUT2D eigenvalue weighted by Crippen LogP contribution is 2.27. The van der Waals surface area contributed by atoms with E-state index in [1.807, 2.05) is 43.3 Å². The molecule has 0 bridgehead atoms. The maximum absolute atomic E-state index is 12.8. The Bertz CT molecular complexity index is 1270. The fourth-order valence-corrected chi connectivity index (χ4v) is 4.56. The van der Waals surface area contributed by atoms with E-state index in [-0.39, 0.29) is 11.6 Å². The summed E-state index contributed by atoms with van der Waals surface area (Å²) in [5, 5.41) is 6.66. The first-order valence-corrected chi connectivity index (χ1v) is 11.2. The Morgan fingerprint density at radius 3 is 3.00 bits per heavy atom. The van der Waals surface area contributed by atoms with Gasteiger partial charge in [-0.15, -0.1) is 5.10 Å². The zero-order valence-corrected chi connectivity index (χ0v) is 18.2. The molecule has 1 fully saturated rings. The lowest BCUT2D eigenvalue weighted by molar-refractivity contribution is 0.196. The monoisotopic (exact) mass is 429 g/mol. The number of nitrogens with zero attached hydrogens (tertiary/aromatic N) is 4. The standard InChI is InChI=1S/C25H27N5O2/c1-2-32-21-9-3-6-18(14-21)16-29-13-5-8-20(17-29)24-27-25(31)30(28-24)23-10-4-7-19-15-26-12-11-22(19)23/h3-4,6-7,9-12,14-15,20H,2,5,8,13,16-17H2,1H3,(H,27,28,31). The molecule has 3 heterocycles. The van der Waals surface area contributed by atoms with Crippen molar-refractivity contribution in [2.75, 3.05) is 19.7 Å². The summed E-state index contributed by atoms with van der Waals surface area (Å²) < 4.78 is 7.13. The van der Waals surface area contributed by atoms with Crippen LogP contribution >= 0.6 is 0 Å². The summed E-state index contributed by atoms with van der Waals surface area (Å²) in [6.07, 6.45) is 5.63. The second kappa shape index (κ2) is 8.96. The average molecular weight is 430 g/mol. The van der Waals surface area contributed by atoms with Crippen LogP contribution in [0.15, 0.2) is 65.7 Å². The van der Waals surface area contributed by atoms with Crippen LogP contribution in [-0.4, -0.2) is 44.3 Å². The maximum Gasteiger partial charge on any atom is 0.348 e. The number of hydrogen-bond donors (Lipinski definition) is 1. The summed E-state index contributed by atoms with van der Waals surface area (Å²) in [6.45, 7) is 5.43. The van der Waals surface area contributed by atoms with E-state index < -0.39 is 0 Å². The predicted octanol–water partition coefficient (Wildman–Crippen LogP) is 3.89.